The molecule has 0 aromatic carbocycles. The molecular weight excluding hydrogens is 370 g/mol. The monoisotopic (exact) mass is 407 g/mol. The van der Waals surface area contributed by atoms with Crippen LogP contribution in [0.2, 0.25) is 0 Å². The van der Waals surface area contributed by atoms with Crippen molar-refractivity contribution in [2.24, 2.45) is 4.99 Å². The third-order valence-corrected chi connectivity index (χ3v) is 4.90. The molecule has 1 heterocycles. The minimum absolute atomic E-state index is 0.250. The topological polar surface area (TPSA) is 92.0 Å². The van der Waals surface area contributed by atoms with Crippen molar-refractivity contribution in [2.75, 3.05) is 20.1 Å². The quantitative estimate of drug-likeness (QED) is 0.480. The number of amides is 1. The van der Waals surface area contributed by atoms with E-state index in [2.05, 4.69) is 34.6 Å². The smallest absolute Gasteiger partial charge is 0.410 e. The lowest BCUT2D eigenvalue weighted by atomic mass is 9.99. The molecule has 1 saturated carbocycles. The third kappa shape index (κ3) is 7.59. The molecule has 0 radical (unpaired) electrons. The van der Waals surface area contributed by atoms with E-state index in [0.717, 1.165) is 37.1 Å². The van der Waals surface area contributed by atoms with Crippen molar-refractivity contribution >= 4 is 12.1 Å². The van der Waals surface area contributed by atoms with E-state index in [1.165, 1.54) is 0 Å². The molecule has 1 aliphatic carbocycles. The Balaban J connectivity index is 1.79. The summed E-state index contributed by atoms with van der Waals surface area (Å²) in [6.07, 6.45) is 3.93. The molecule has 1 aromatic rings. The zero-order valence-corrected chi connectivity index (χ0v) is 18.7. The molecule has 1 amide bonds. The summed E-state index contributed by atoms with van der Waals surface area (Å²) in [7, 11) is 1.72. The van der Waals surface area contributed by atoms with E-state index < -0.39 is 5.60 Å². The summed E-state index contributed by atoms with van der Waals surface area (Å²) in [4.78, 5) is 18.5. The highest BCUT2D eigenvalue weighted by molar-refractivity contribution is 5.79. The van der Waals surface area contributed by atoms with Crippen LogP contribution in [0.25, 0.3) is 0 Å². The van der Waals surface area contributed by atoms with Gasteiger partial charge in [-0.2, -0.15) is 0 Å². The Morgan fingerprint density at radius 2 is 2.03 bits per heavy atom. The molecule has 1 fully saturated rings. The van der Waals surface area contributed by atoms with Crippen LogP contribution in [0.1, 0.15) is 77.7 Å². The van der Waals surface area contributed by atoms with Crippen LogP contribution >= 0.6 is 0 Å². The fourth-order valence-electron chi connectivity index (χ4n) is 3.13. The molecule has 0 saturated heterocycles. The Hall–Kier alpha value is -2.25. The maximum atomic E-state index is 12.4. The summed E-state index contributed by atoms with van der Waals surface area (Å²) >= 11 is 0. The fraction of sp³-hybridized carbons (Fsp3) is 0.762. The number of rotatable bonds is 9. The van der Waals surface area contributed by atoms with Crippen molar-refractivity contribution in [1.82, 2.24) is 20.7 Å². The SMILES string of the molecule is CCC(CC)c1cc(CNC(=NC)NCCN(C(=O)OC(C)(C)C)C2CC2)on1. The zero-order valence-electron chi connectivity index (χ0n) is 18.7. The number of aliphatic imine (C=N–C) groups is 1. The van der Waals surface area contributed by atoms with Crippen LogP contribution < -0.4 is 10.6 Å². The Kier molecular flexibility index (Phi) is 8.34. The van der Waals surface area contributed by atoms with Gasteiger partial charge in [0.1, 0.15) is 5.60 Å². The first kappa shape index (κ1) is 23.0. The maximum absolute atomic E-state index is 12.4. The van der Waals surface area contributed by atoms with E-state index in [-0.39, 0.29) is 6.09 Å². The Morgan fingerprint density at radius 1 is 1.34 bits per heavy atom. The Bertz CT molecular complexity index is 672. The first-order valence-corrected chi connectivity index (χ1v) is 10.7. The number of carbonyl (C=O) groups excluding carboxylic acids is 1. The van der Waals surface area contributed by atoms with Crippen LogP contribution in [0.15, 0.2) is 15.6 Å². The summed E-state index contributed by atoms with van der Waals surface area (Å²) in [5.74, 6) is 1.87. The minimum Gasteiger partial charge on any atom is -0.444 e. The van der Waals surface area contributed by atoms with Gasteiger partial charge >= 0.3 is 6.09 Å². The molecular formula is C21H37N5O3. The van der Waals surface area contributed by atoms with Gasteiger partial charge in [0.05, 0.1) is 12.2 Å². The number of aromatic nitrogens is 1. The molecule has 29 heavy (non-hydrogen) atoms. The molecule has 8 heteroatoms. The van der Waals surface area contributed by atoms with Crippen molar-refractivity contribution in [3.8, 4) is 0 Å². The lowest BCUT2D eigenvalue weighted by Crippen LogP contribution is -2.45. The highest BCUT2D eigenvalue weighted by atomic mass is 16.6. The highest BCUT2D eigenvalue weighted by Gasteiger charge is 2.34. The van der Waals surface area contributed by atoms with Gasteiger partial charge in [0.25, 0.3) is 0 Å². The third-order valence-electron chi connectivity index (χ3n) is 4.90. The van der Waals surface area contributed by atoms with Crippen LogP contribution in [0.5, 0.6) is 0 Å². The molecule has 1 aromatic heterocycles. The Morgan fingerprint density at radius 3 is 2.59 bits per heavy atom. The van der Waals surface area contributed by atoms with Crippen LogP contribution in [0.3, 0.4) is 0 Å². The van der Waals surface area contributed by atoms with Gasteiger partial charge in [0.15, 0.2) is 11.7 Å². The fourth-order valence-corrected chi connectivity index (χ4v) is 3.13. The van der Waals surface area contributed by atoms with E-state index in [1.807, 2.05) is 31.7 Å². The first-order chi connectivity index (χ1) is 13.8. The van der Waals surface area contributed by atoms with Crippen molar-refractivity contribution in [1.29, 1.82) is 0 Å². The van der Waals surface area contributed by atoms with Gasteiger partial charge in [0, 0.05) is 38.2 Å². The first-order valence-electron chi connectivity index (χ1n) is 10.7. The van der Waals surface area contributed by atoms with Gasteiger partial charge in [0.2, 0.25) is 0 Å². The molecule has 2 rings (SSSR count). The van der Waals surface area contributed by atoms with Crippen LogP contribution in [0, 0.1) is 0 Å². The Labute approximate surface area is 174 Å². The summed E-state index contributed by atoms with van der Waals surface area (Å²) in [6.45, 7) is 11.6. The highest BCUT2D eigenvalue weighted by Crippen LogP contribution is 2.28. The molecule has 8 nitrogen and oxygen atoms in total. The lowest BCUT2D eigenvalue weighted by Gasteiger charge is -2.27. The average Bonchev–Trinajstić information content (AvgIpc) is 3.39. The predicted molar refractivity (Wildman–Crippen MR) is 114 cm³/mol. The van der Waals surface area contributed by atoms with Crippen LogP contribution in [-0.4, -0.2) is 53.9 Å². The van der Waals surface area contributed by atoms with Crippen LogP contribution in [0.4, 0.5) is 4.79 Å². The molecule has 0 spiro atoms. The number of guanidine groups is 1. The maximum Gasteiger partial charge on any atom is 0.410 e. The van der Waals surface area contributed by atoms with Crippen molar-refractivity contribution in [3.63, 3.8) is 0 Å². The lowest BCUT2D eigenvalue weighted by molar-refractivity contribution is 0.0238. The largest absolute Gasteiger partial charge is 0.444 e. The molecule has 0 bridgehead atoms. The van der Waals surface area contributed by atoms with Crippen molar-refractivity contribution in [2.45, 2.75) is 84.4 Å². The number of carbonyl (C=O) groups is 1. The number of ether oxygens (including phenoxy) is 1. The van der Waals surface area contributed by atoms with Gasteiger partial charge in [-0.25, -0.2) is 4.79 Å². The van der Waals surface area contributed by atoms with E-state index in [1.54, 1.807) is 7.05 Å². The van der Waals surface area contributed by atoms with E-state index in [9.17, 15) is 4.79 Å². The normalized spacial score (nSPS) is 14.8. The van der Waals surface area contributed by atoms with E-state index >= 15 is 0 Å². The van der Waals surface area contributed by atoms with Gasteiger partial charge < -0.3 is 24.8 Å². The number of nitrogens with one attached hydrogen (secondary N) is 2. The summed E-state index contributed by atoms with van der Waals surface area (Å²) in [6, 6.07) is 2.30. The summed E-state index contributed by atoms with van der Waals surface area (Å²) in [5.41, 5.74) is 0.520. The predicted octanol–water partition coefficient (Wildman–Crippen LogP) is 3.64. The number of nitrogens with zero attached hydrogens (tertiary/aromatic N) is 3. The molecule has 1 aliphatic rings. The van der Waals surface area contributed by atoms with Crippen molar-refractivity contribution < 1.29 is 14.1 Å². The van der Waals surface area contributed by atoms with E-state index in [0.29, 0.717) is 37.6 Å². The molecule has 164 valence electrons. The summed E-state index contributed by atoms with van der Waals surface area (Å²) in [5, 5.41) is 10.7. The minimum atomic E-state index is -0.486. The van der Waals surface area contributed by atoms with Crippen LogP contribution in [-0.2, 0) is 11.3 Å². The van der Waals surface area contributed by atoms with Crippen molar-refractivity contribution in [3.05, 3.63) is 17.5 Å². The second-order valence-corrected chi connectivity index (χ2v) is 8.49. The van der Waals surface area contributed by atoms with Gasteiger partial charge in [-0.15, -0.1) is 0 Å². The zero-order chi connectivity index (χ0) is 21.4. The van der Waals surface area contributed by atoms with Gasteiger partial charge in [-0.1, -0.05) is 19.0 Å². The van der Waals surface area contributed by atoms with Gasteiger partial charge in [-0.05, 0) is 46.5 Å². The second-order valence-electron chi connectivity index (χ2n) is 8.49. The average molecular weight is 408 g/mol. The molecule has 0 unspecified atom stereocenters. The molecule has 2 N–H and O–H groups in total. The number of hydrogen-bond acceptors (Lipinski definition) is 5. The molecule has 0 aliphatic heterocycles. The van der Waals surface area contributed by atoms with Gasteiger partial charge in [-0.3, -0.25) is 4.99 Å². The van der Waals surface area contributed by atoms with E-state index in [4.69, 9.17) is 9.26 Å². The summed E-state index contributed by atoms with van der Waals surface area (Å²) < 4.78 is 11.0. The second kappa shape index (κ2) is 10.5. The number of hydrogen-bond donors (Lipinski definition) is 2. The molecule has 0 atom stereocenters. The standard InChI is InChI=1S/C21H37N5O3/c1-7-15(8-2)18-13-17(29-25-18)14-24-19(22-6)23-11-12-26(16-9-10-16)20(27)28-21(3,4)5/h13,15-16H,7-12,14H2,1-6H3,(H2,22,23,24).